The Morgan fingerprint density at radius 2 is 1.96 bits per heavy atom. The lowest BCUT2D eigenvalue weighted by Gasteiger charge is -2.26. The highest BCUT2D eigenvalue weighted by Gasteiger charge is 2.23. The second kappa shape index (κ2) is 8.83. The van der Waals surface area contributed by atoms with Gasteiger partial charge in [0.05, 0.1) is 11.5 Å². The van der Waals surface area contributed by atoms with Crippen LogP contribution in [0.3, 0.4) is 0 Å². The van der Waals surface area contributed by atoms with Crippen LogP contribution < -0.4 is 11.1 Å². The highest BCUT2D eigenvalue weighted by molar-refractivity contribution is 5.85. The van der Waals surface area contributed by atoms with Crippen molar-refractivity contribution < 1.29 is 9.72 Å². The molecule has 1 heterocycles. The van der Waals surface area contributed by atoms with E-state index in [0.29, 0.717) is 24.5 Å². The molecule has 0 fully saturated rings. The van der Waals surface area contributed by atoms with Gasteiger partial charge in [-0.1, -0.05) is 13.8 Å². The molecule has 0 saturated heterocycles. The molecular formula is C14H26ClN5O3. The number of hydrogen-bond acceptors (Lipinski definition) is 5. The predicted molar refractivity (Wildman–Crippen MR) is 90.7 cm³/mol. The van der Waals surface area contributed by atoms with Gasteiger partial charge >= 0.3 is 5.69 Å². The van der Waals surface area contributed by atoms with Crippen LogP contribution in [0.4, 0.5) is 5.69 Å². The van der Waals surface area contributed by atoms with Crippen molar-refractivity contribution in [3.05, 3.63) is 21.5 Å². The molecule has 9 heteroatoms. The van der Waals surface area contributed by atoms with Gasteiger partial charge in [0.25, 0.3) is 0 Å². The van der Waals surface area contributed by atoms with Crippen molar-refractivity contribution in [3.8, 4) is 0 Å². The smallest absolute Gasteiger partial charge is 0.312 e. The third-order valence-corrected chi connectivity index (χ3v) is 4.12. The molecule has 1 rings (SSSR count). The topological polar surface area (TPSA) is 116 Å². The molecule has 23 heavy (non-hydrogen) atoms. The zero-order chi connectivity index (χ0) is 16.9. The van der Waals surface area contributed by atoms with Gasteiger partial charge in [-0.25, -0.2) is 0 Å². The second-order valence-electron chi connectivity index (χ2n) is 5.60. The van der Waals surface area contributed by atoms with E-state index in [1.54, 1.807) is 13.8 Å². The fourth-order valence-electron chi connectivity index (χ4n) is 2.24. The Morgan fingerprint density at radius 3 is 2.39 bits per heavy atom. The average Bonchev–Trinajstić information content (AvgIpc) is 2.76. The van der Waals surface area contributed by atoms with E-state index < -0.39 is 4.92 Å². The Labute approximate surface area is 142 Å². The summed E-state index contributed by atoms with van der Waals surface area (Å²) in [5, 5.41) is 17.9. The van der Waals surface area contributed by atoms with Crippen LogP contribution in [0.2, 0.25) is 0 Å². The molecule has 0 atom stereocenters. The number of aryl methyl sites for hydroxylation is 2. The summed E-state index contributed by atoms with van der Waals surface area (Å²) in [6, 6.07) is 0. The number of carbonyl (C=O) groups excluding carboxylic acids is 1. The van der Waals surface area contributed by atoms with Crippen LogP contribution in [0.25, 0.3) is 0 Å². The summed E-state index contributed by atoms with van der Waals surface area (Å²) in [7, 11) is 0. The van der Waals surface area contributed by atoms with Gasteiger partial charge in [-0.05, 0) is 26.7 Å². The number of rotatable bonds is 8. The average molecular weight is 348 g/mol. The zero-order valence-corrected chi connectivity index (χ0v) is 14.9. The van der Waals surface area contributed by atoms with E-state index in [0.717, 1.165) is 12.8 Å². The molecule has 0 radical (unpaired) electrons. The van der Waals surface area contributed by atoms with Crippen LogP contribution in [0.1, 0.15) is 44.5 Å². The van der Waals surface area contributed by atoms with Crippen molar-refractivity contribution >= 4 is 24.0 Å². The Bertz CT molecular complexity index is 555. The third kappa shape index (κ3) is 5.47. The molecule has 0 aliphatic rings. The van der Waals surface area contributed by atoms with E-state index in [1.165, 1.54) is 4.68 Å². The minimum absolute atomic E-state index is 0. The lowest BCUT2D eigenvalue weighted by Crippen LogP contribution is -2.49. The van der Waals surface area contributed by atoms with Gasteiger partial charge in [0.1, 0.15) is 11.4 Å². The van der Waals surface area contributed by atoms with Crippen LogP contribution >= 0.6 is 12.4 Å². The molecule has 1 aromatic heterocycles. The maximum atomic E-state index is 11.9. The summed E-state index contributed by atoms with van der Waals surface area (Å²) >= 11 is 0. The molecule has 8 nitrogen and oxygen atoms in total. The normalized spacial score (nSPS) is 11.0. The number of nitrogens with one attached hydrogen (secondary N) is 1. The van der Waals surface area contributed by atoms with Gasteiger partial charge in [-0.2, -0.15) is 5.10 Å². The van der Waals surface area contributed by atoms with E-state index in [9.17, 15) is 14.9 Å². The quantitative estimate of drug-likeness (QED) is 0.550. The Hall–Kier alpha value is -1.67. The molecule has 1 amide bonds. The van der Waals surface area contributed by atoms with E-state index in [4.69, 9.17) is 5.73 Å². The molecule has 0 unspecified atom stereocenters. The monoisotopic (exact) mass is 347 g/mol. The summed E-state index contributed by atoms with van der Waals surface area (Å²) < 4.78 is 1.50. The van der Waals surface area contributed by atoms with Gasteiger partial charge in [0, 0.05) is 18.5 Å². The van der Waals surface area contributed by atoms with Crippen molar-refractivity contribution in [2.24, 2.45) is 5.73 Å². The van der Waals surface area contributed by atoms with Gasteiger partial charge in [-0.15, -0.1) is 12.4 Å². The Balaban J connectivity index is 0.00000484. The molecule has 0 saturated carbocycles. The van der Waals surface area contributed by atoms with Crippen LogP contribution in [0.15, 0.2) is 0 Å². The Kier molecular flexibility index (Phi) is 8.19. The fraction of sp³-hybridized carbons (Fsp3) is 0.714. The van der Waals surface area contributed by atoms with Crippen LogP contribution in [0.5, 0.6) is 0 Å². The van der Waals surface area contributed by atoms with Crippen LogP contribution in [-0.4, -0.2) is 32.7 Å². The summed E-state index contributed by atoms with van der Waals surface area (Å²) in [6.45, 7) is 7.94. The van der Waals surface area contributed by atoms with Gasteiger partial charge < -0.3 is 11.1 Å². The molecular weight excluding hydrogens is 322 g/mol. The van der Waals surface area contributed by atoms with E-state index in [2.05, 4.69) is 10.4 Å². The second-order valence-corrected chi connectivity index (χ2v) is 5.60. The first-order chi connectivity index (χ1) is 10.2. The molecule has 0 aromatic carbocycles. The van der Waals surface area contributed by atoms with E-state index in [-0.39, 0.29) is 36.0 Å². The number of amides is 1. The maximum absolute atomic E-state index is 11.9. The number of aromatic nitrogens is 2. The third-order valence-electron chi connectivity index (χ3n) is 4.12. The molecule has 0 aliphatic carbocycles. The number of carbonyl (C=O) groups is 1. The van der Waals surface area contributed by atoms with E-state index in [1.807, 2.05) is 13.8 Å². The summed E-state index contributed by atoms with van der Waals surface area (Å²) in [5.74, 6) is -0.132. The zero-order valence-electron chi connectivity index (χ0n) is 14.1. The first kappa shape index (κ1) is 21.3. The van der Waals surface area contributed by atoms with Crippen molar-refractivity contribution in [2.45, 2.75) is 59.0 Å². The number of halogens is 1. The molecule has 0 aliphatic heterocycles. The van der Waals surface area contributed by atoms with Gasteiger partial charge in [0.2, 0.25) is 5.91 Å². The predicted octanol–water partition coefficient (Wildman–Crippen LogP) is 1.85. The minimum Gasteiger partial charge on any atom is -0.354 e. The van der Waals surface area contributed by atoms with E-state index >= 15 is 0 Å². The number of hydrogen-bond donors (Lipinski definition) is 2. The summed E-state index contributed by atoms with van der Waals surface area (Å²) in [4.78, 5) is 22.4. The highest BCUT2D eigenvalue weighted by atomic mass is 35.5. The lowest BCUT2D eigenvalue weighted by atomic mass is 9.94. The standard InChI is InChI=1S/C14H25N5O3.ClH/c1-5-14(15,6-2)9-16-12(20)7-8-18-11(4)13(19(21)22)10(3)17-18;/h5-9,15H2,1-4H3,(H,16,20);1H. The highest BCUT2D eigenvalue weighted by Crippen LogP contribution is 2.21. The minimum atomic E-state index is -0.445. The Morgan fingerprint density at radius 1 is 1.39 bits per heavy atom. The molecule has 1 aromatic rings. The van der Waals surface area contributed by atoms with Gasteiger partial charge in [-0.3, -0.25) is 19.6 Å². The van der Waals surface area contributed by atoms with Gasteiger partial charge in [0.15, 0.2) is 0 Å². The maximum Gasteiger partial charge on any atom is 0.312 e. The number of nitrogens with zero attached hydrogens (tertiary/aromatic N) is 3. The summed E-state index contributed by atoms with van der Waals surface area (Å²) in [5.41, 5.74) is 6.58. The fourth-order valence-corrected chi connectivity index (χ4v) is 2.24. The first-order valence-electron chi connectivity index (χ1n) is 7.48. The van der Waals surface area contributed by atoms with Crippen molar-refractivity contribution in [3.63, 3.8) is 0 Å². The van der Waals surface area contributed by atoms with Crippen molar-refractivity contribution in [2.75, 3.05) is 6.54 Å². The van der Waals surface area contributed by atoms with Crippen molar-refractivity contribution in [1.29, 1.82) is 0 Å². The van der Waals surface area contributed by atoms with Crippen LogP contribution in [0, 0.1) is 24.0 Å². The molecule has 3 N–H and O–H groups in total. The lowest BCUT2D eigenvalue weighted by molar-refractivity contribution is -0.386. The van der Waals surface area contributed by atoms with Crippen LogP contribution in [-0.2, 0) is 11.3 Å². The SMILES string of the molecule is CCC(N)(CC)CNC(=O)CCn1nc(C)c([N+](=O)[O-])c1C.Cl. The summed E-state index contributed by atoms with van der Waals surface area (Å²) in [6.07, 6.45) is 1.78. The van der Waals surface area contributed by atoms with Crippen molar-refractivity contribution in [1.82, 2.24) is 15.1 Å². The number of nitro groups is 1. The molecule has 132 valence electrons. The molecule has 0 bridgehead atoms. The molecule has 0 spiro atoms. The largest absolute Gasteiger partial charge is 0.354 e. The first-order valence-corrected chi connectivity index (χ1v) is 7.48. The number of nitrogens with two attached hydrogens (primary N) is 1.